The van der Waals surface area contributed by atoms with Crippen LogP contribution in [0.5, 0.6) is 0 Å². The van der Waals surface area contributed by atoms with E-state index < -0.39 is 0 Å². The van der Waals surface area contributed by atoms with Gasteiger partial charge in [0.2, 0.25) is 9.60 Å². The van der Waals surface area contributed by atoms with Crippen molar-refractivity contribution in [3.05, 3.63) is 70.3 Å². The molecule has 0 aliphatic carbocycles. The number of rotatable bonds is 1. The standard InChI is InChI=1S/C12H11N3S.C9H11N3S/c1-15-10-6-8-4-2-3-5-9(8)7-11(10)16-12(15)14-13;1-2-12-7-5-3-4-6-8(7)13-9(12)11-10/h2-7H,13H2,1H3;3-6H,2,10H2,1H3. The van der Waals surface area contributed by atoms with Gasteiger partial charge in [0, 0.05) is 13.6 Å². The van der Waals surface area contributed by atoms with E-state index in [4.69, 9.17) is 11.7 Å². The van der Waals surface area contributed by atoms with Crippen molar-refractivity contribution in [2.24, 2.45) is 28.9 Å². The van der Waals surface area contributed by atoms with Gasteiger partial charge >= 0.3 is 0 Å². The molecule has 3 aromatic carbocycles. The Labute approximate surface area is 175 Å². The Hall–Kier alpha value is -3.10. The highest BCUT2D eigenvalue weighted by atomic mass is 32.1. The van der Waals surface area contributed by atoms with Crippen molar-refractivity contribution in [2.75, 3.05) is 0 Å². The predicted octanol–water partition coefficient (Wildman–Crippen LogP) is 3.66. The summed E-state index contributed by atoms with van der Waals surface area (Å²) in [5.74, 6) is 10.7. The van der Waals surface area contributed by atoms with E-state index in [2.05, 4.69) is 70.2 Å². The third kappa shape index (κ3) is 3.52. The van der Waals surface area contributed by atoms with Crippen LogP contribution in [0.4, 0.5) is 0 Å². The zero-order valence-electron chi connectivity index (χ0n) is 16.2. The molecule has 0 unspecified atom stereocenters. The molecule has 0 bridgehead atoms. The molecule has 0 aliphatic heterocycles. The molecule has 5 rings (SSSR count). The zero-order chi connectivity index (χ0) is 20.4. The zero-order valence-corrected chi connectivity index (χ0v) is 17.9. The Kier molecular flexibility index (Phi) is 5.37. The molecule has 0 atom stereocenters. The van der Waals surface area contributed by atoms with E-state index in [0.29, 0.717) is 0 Å². The fraction of sp³-hybridized carbons (Fsp3) is 0.143. The molecule has 0 radical (unpaired) electrons. The summed E-state index contributed by atoms with van der Waals surface area (Å²) >= 11 is 3.23. The predicted molar refractivity (Wildman–Crippen MR) is 123 cm³/mol. The first-order chi connectivity index (χ1) is 14.2. The number of benzene rings is 3. The van der Waals surface area contributed by atoms with Crippen LogP contribution in [0.25, 0.3) is 31.2 Å². The second-order valence-corrected chi connectivity index (χ2v) is 8.48. The lowest BCUT2D eigenvalue weighted by molar-refractivity contribution is 0.756. The average molecular weight is 423 g/mol. The third-order valence-corrected chi connectivity index (χ3v) is 6.98. The summed E-state index contributed by atoms with van der Waals surface area (Å²) < 4.78 is 6.57. The van der Waals surface area contributed by atoms with Gasteiger partial charge in [0.05, 0.1) is 20.4 Å². The van der Waals surface area contributed by atoms with E-state index in [1.807, 2.05) is 23.7 Å². The summed E-state index contributed by atoms with van der Waals surface area (Å²) in [7, 11) is 1.99. The van der Waals surface area contributed by atoms with E-state index in [1.54, 1.807) is 22.7 Å². The molecular weight excluding hydrogens is 400 g/mol. The second-order valence-electron chi connectivity index (χ2n) is 6.47. The average Bonchev–Trinajstić information content (AvgIpc) is 3.29. The molecule has 6 nitrogen and oxygen atoms in total. The Morgan fingerprint density at radius 3 is 2.10 bits per heavy atom. The summed E-state index contributed by atoms with van der Waals surface area (Å²) in [6.45, 7) is 2.99. The first-order valence-electron chi connectivity index (χ1n) is 9.20. The quantitative estimate of drug-likeness (QED) is 0.319. The first kappa shape index (κ1) is 19.2. The number of nitrogens with two attached hydrogens (primary N) is 2. The fourth-order valence-electron chi connectivity index (χ4n) is 3.36. The molecule has 29 heavy (non-hydrogen) atoms. The summed E-state index contributed by atoms with van der Waals surface area (Å²) in [6, 6.07) is 20.9. The number of aryl methyl sites for hydroxylation is 2. The highest BCUT2D eigenvalue weighted by Gasteiger charge is 2.04. The maximum atomic E-state index is 5.35. The lowest BCUT2D eigenvalue weighted by Gasteiger charge is -1.99. The number of hydrogen-bond donors (Lipinski definition) is 2. The van der Waals surface area contributed by atoms with E-state index in [-0.39, 0.29) is 0 Å². The topological polar surface area (TPSA) is 86.6 Å². The van der Waals surface area contributed by atoms with Gasteiger partial charge in [-0.15, -0.1) is 0 Å². The molecular formula is C21H22N6S2. The molecule has 0 spiro atoms. The molecule has 0 saturated carbocycles. The van der Waals surface area contributed by atoms with Gasteiger partial charge in [0.25, 0.3) is 0 Å². The molecule has 0 amide bonds. The SMILES string of the molecule is CCn1c(=NN)sc2ccccc21.Cn1c(=NN)sc2cc3ccccc3cc21. The minimum atomic E-state index is 0.838. The number of thiazole rings is 2. The fourth-order valence-corrected chi connectivity index (χ4v) is 5.35. The van der Waals surface area contributed by atoms with E-state index in [9.17, 15) is 0 Å². The number of para-hydroxylation sites is 1. The minimum Gasteiger partial charge on any atom is -0.320 e. The number of hydrogen-bond acceptors (Lipinski definition) is 6. The highest BCUT2D eigenvalue weighted by Crippen LogP contribution is 2.24. The van der Waals surface area contributed by atoms with E-state index in [1.165, 1.54) is 31.2 Å². The Balaban J connectivity index is 0.000000145. The van der Waals surface area contributed by atoms with Crippen LogP contribution in [0.1, 0.15) is 6.92 Å². The molecule has 0 saturated heterocycles. The van der Waals surface area contributed by atoms with Gasteiger partial charge in [0.15, 0.2) is 0 Å². The van der Waals surface area contributed by atoms with Gasteiger partial charge in [0.1, 0.15) is 0 Å². The Bertz CT molecular complexity index is 1430. The lowest BCUT2D eigenvalue weighted by atomic mass is 10.1. The van der Waals surface area contributed by atoms with Gasteiger partial charge < -0.3 is 20.8 Å². The molecule has 0 fully saturated rings. The summed E-state index contributed by atoms with van der Waals surface area (Å²) in [6.07, 6.45) is 0. The van der Waals surface area contributed by atoms with Crippen molar-refractivity contribution in [1.29, 1.82) is 0 Å². The number of nitrogens with zero attached hydrogens (tertiary/aromatic N) is 4. The van der Waals surface area contributed by atoms with Gasteiger partial charge in [-0.2, -0.15) is 10.2 Å². The summed E-state index contributed by atoms with van der Waals surface area (Å²) in [4.78, 5) is 1.72. The minimum absolute atomic E-state index is 0.838. The normalized spacial score (nSPS) is 12.6. The van der Waals surface area contributed by atoms with Crippen LogP contribution in [0.15, 0.2) is 70.9 Å². The van der Waals surface area contributed by atoms with Gasteiger partial charge in [-0.05, 0) is 42.0 Å². The highest BCUT2D eigenvalue weighted by molar-refractivity contribution is 7.16. The maximum Gasteiger partial charge on any atom is 0.208 e. The largest absolute Gasteiger partial charge is 0.320 e. The number of fused-ring (bicyclic) bond motifs is 3. The molecule has 2 aromatic heterocycles. The van der Waals surface area contributed by atoms with Crippen LogP contribution in [0, 0.1) is 0 Å². The van der Waals surface area contributed by atoms with Crippen LogP contribution in [-0.2, 0) is 13.6 Å². The molecule has 148 valence electrons. The maximum absolute atomic E-state index is 5.35. The first-order valence-corrected chi connectivity index (χ1v) is 10.8. The van der Waals surface area contributed by atoms with Crippen LogP contribution >= 0.6 is 22.7 Å². The van der Waals surface area contributed by atoms with Crippen molar-refractivity contribution in [1.82, 2.24) is 9.13 Å². The van der Waals surface area contributed by atoms with Gasteiger partial charge in [-0.1, -0.05) is 59.1 Å². The molecule has 5 aromatic rings. The smallest absolute Gasteiger partial charge is 0.208 e. The van der Waals surface area contributed by atoms with E-state index >= 15 is 0 Å². The third-order valence-electron chi connectivity index (χ3n) is 4.80. The lowest BCUT2D eigenvalue weighted by Crippen LogP contribution is -2.15. The van der Waals surface area contributed by atoms with Crippen molar-refractivity contribution in [3.63, 3.8) is 0 Å². The Morgan fingerprint density at radius 2 is 1.41 bits per heavy atom. The second kappa shape index (κ2) is 8.10. The van der Waals surface area contributed by atoms with Crippen LogP contribution in [-0.4, -0.2) is 9.13 Å². The Morgan fingerprint density at radius 1 is 0.793 bits per heavy atom. The number of aromatic nitrogens is 2. The van der Waals surface area contributed by atoms with Gasteiger partial charge in [-0.25, -0.2) is 0 Å². The van der Waals surface area contributed by atoms with Crippen LogP contribution in [0.3, 0.4) is 0 Å². The van der Waals surface area contributed by atoms with Crippen molar-refractivity contribution in [3.8, 4) is 0 Å². The molecule has 8 heteroatoms. The van der Waals surface area contributed by atoms with E-state index in [0.717, 1.165) is 16.1 Å². The van der Waals surface area contributed by atoms with Crippen molar-refractivity contribution < 1.29 is 0 Å². The van der Waals surface area contributed by atoms with Gasteiger partial charge in [-0.3, -0.25) is 0 Å². The van der Waals surface area contributed by atoms with Crippen LogP contribution < -0.4 is 21.3 Å². The van der Waals surface area contributed by atoms with Crippen molar-refractivity contribution in [2.45, 2.75) is 13.5 Å². The molecule has 0 aliphatic rings. The molecule has 2 heterocycles. The summed E-state index contributed by atoms with van der Waals surface area (Å²) in [5, 5.41) is 10.0. The van der Waals surface area contributed by atoms with Crippen LogP contribution in [0.2, 0.25) is 0 Å². The molecule has 4 N–H and O–H groups in total. The van der Waals surface area contributed by atoms with Crippen molar-refractivity contribution >= 4 is 53.9 Å². The monoisotopic (exact) mass is 422 g/mol. The summed E-state index contributed by atoms with van der Waals surface area (Å²) in [5.41, 5.74) is 2.38.